The zero-order chi connectivity index (χ0) is 21.1. The Bertz CT molecular complexity index is 669. The zero-order valence-electron chi connectivity index (χ0n) is 18.8. The highest BCUT2D eigenvalue weighted by molar-refractivity contribution is 14.0. The van der Waals surface area contributed by atoms with Crippen LogP contribution in [0.2, 0.25) is 0 Å². The fraction of sp³-hybridized carbons (Fsp3) is 0.636. The maximum atomic E-state index is 12.3. The highest BCUT2D eigenvalue weighted by Gasteiger charge is 2.30. The predicted octanol–water partition coefficient (Wildman–Crippen LogP) is 2.70. The highest BCUT2D eigenvalue weighted by atomic mass is 127. The van der Waals surface area contributed by atoms with E-state index in [-0.39, 0.29) is 35.9 Å². The van der Waals surface area contributed by atoms with Gasteiger partial charge >= 0.3 is 0 Å². The lowest BCUT2D eigenvalue weighted by molar-refractivity contribution is -0.133. The van der Waals surface area contributed by atoms with Crippen LogP contribution in [0.25, 0.3) is 0 Å². The van der Waals surface area contributed by atoms with Crippen molar-refractivity contribution in [2.45, 2.75) is 45.7 Å². The molecule has 30 heavy (non-hydrogen) atoms. The van der Waals surface area contributed by atoms with Crippen molar-refractivity contribution in [1.82, 2.24) is 20.4 Å². The second-order valence-electron chi connectivity index (χ2n) is 7.44. The number of hydrogen-bond acceptors (Lipinski definition) is 4. The molecule has 1 aromatic rings. The van der Waals surface area contributed by atoms with Crippen molar-refractivity contribution in [2.75, 3.05) is 46.9 Å². The fourth-order valence-corrected chi connectivity index (χ4v) is 3.60. The number of likely N-dealkylation sites (N-methyl/N-ethyl adjacent to an activating group) is 1. The third kappa shape index (κ3) is 8.29. The first kappa shape index (κ1) is 26.5. The molecule has 1 amide bonds. The van der Waals surface area contributed by atoms with Crippen molar-refractivity contribution in [1.29, 1.82) is 0 Å². The topological polar surface area (TPSA) is 69.2 Å². The summed E-state index contributed by atoms with van der Waals surface area (Å²) in [6.45, 7) is 8.82. The van der Waals surface area contributed by atoms with Gasteiger partial charge in [0.2, 0.25) is 5.91 Å². The Morgan fingerprint density at radius 2 is 2.03 bits per heavy atom. The summed E-state index contributed by atoms with van der Waals surface area (Å²) in [5, 5.41) is 6.71. The standard InChI is InChI=1S/C22H37N5O2.HI/c1-5-23-22(25-17-18-11-7-8-13-20(18)29-6-2)24-14-10-16-27-15-9-12-19(27)21(28)26(3)4;/h7-8,11,13,19H,5-6,9-10,12,14-17H2,1-4H3,(H2,23,24,25);1H. The number of nitrogens with one attached hydrogen (secondary N) is 2. The van der Waals surface area contributed by atoms with Gasteiger partial charge in [0.15, 0.2) is 5.96 Å². The van der Waals surface area contributed by atoms with Gasteiger partial charge in [0.25, 0.3) is 0 Å². The van der Waals surface area contributed by atoms with Gasteiger partial charge in [-0.05, 0) is 45.7 Å². The number of ether oxygens (including phenoxy) is 1. The average molecular weight is 531 g/mol. The third-order valence-electron chi connectivity index (χ3n) is 5.03. The molecule has 1 unspecified atom stereocenters. The summed E-state index contributed by atoms with van der Waals surface area (Å²) in [6, 6.07) is 8.06. The maximum absolute atomic E-state index is 12.3. The third-order valence-corrected chi connectivity index (χ3v) is 5.03. The van der Waals surface area contributed by atoms with Gasteiger partial charge in [-0.3, -0.25) is 9.69 Å². The molecular weight excluding hydrogens is 493 g/mol. The van der Waals surface area contributed by atoms with Crippen molar-refractivity contribution < 1.29 is 9.53 Å². The minimum Gasteiger partial charge on any atom is -0.494 e. The molecule has 1 aromatic carbocycles. The van der Waals surface area contributed by atoms with E-state index in [1.165, 1.54) is 0 Å². The Balaban J connectivity index is 0.00000450. The molecule has 0 radical (unpaired) electrons. The van der Waals surface area contributed by atoms with Crippen LogP contribution in [-0.4, -0.2) is 74.6 Å². The molecule has 1 saturated heterocycles. The largest absolute Gasteiger partial charge is 0.494 e. The van der Waals surface area contributed by atoms with E-state index in [4.69, 9.17) is 9.73 Å². The Labute approximate surface area is 198 Å². The van der Waals surface area contributed by atoms with Crippen molar-refractivity contribution in [3.63, 3.8) is 0 Å². The van der Waals surface area contributed by atoms with Crippen LogP contribution in [-0.2, 0) is 11.3 Å². The van der Waals surface area contributed by atoms with E-state index in [1.54, 1.807) is 4.90 Å². The van der Waals surface area contributed by atoms with Gasteiger partial charge in [-0.2, -0.15) is 0 Å². The van der Waals surface area contributed by atoms with E-state index in [2.05, 4.69) is 22.5 Å². The number of guanidine groups is 1. The van der Waals surface area contributed by atoms with E-state index >= 15 is 0 Å². The molecule has 0 aliphatic carbocycles. The number of benzene rings is 1. The number of hydrogen-bond donors (Lipinski definition) is 2. The normalized spacial score (nSPS) is 16.7. The second-order valence-corrected chi connectivity index (χ2v) is 7.44. The van der Waals surface area contributed by atoms with Crippen LogP contribution in [0.1, 0.15) is 38.7 Å². The van der Waals surface area contributed by atoms with Crippen molar-refractivity contribution in [3.05, 3.63) is 29.8 Å². The van der Waals surface area contributed by atoms with E-state index in [0.717, 1.165) is 62.7 Å². The Morgan fingerprint density at radius 1 is 1.27 bits per heavy atom. The number of carbonyl (C=O) groups is 1. The summed E-state index contributed by atoms with van der Waals surface area (Å²) >= 11 is 0. The van der Waals surface area contributed by atoms with Crippen molar-refractivity contribution >= 4 is 35.8 Å². The van der Waals surface area contributed by atoms with Crippen molar-refractivity contribution in [2.24, 2.45) is 4.99 Å². The molecule has 8 heteroatoms. The second kappa shape index (κ2) is 14.5. The summed E-state index contributed by atoms with van der Waals surface area (Å²) < 4.78 is 5.68. The first-order valence-corrected chi connectivity index (χ1v) is 10.7. The van der Waals surface area contributed by atoms with Gasteiger partial charge in [0, 0.05) is 39.3 Å². The molecule has 0 aromatic heterocycles. The summed E-state index contributed by atoms with van der Waals surface area (Å²) in [5.74, 6) is 1.92. The lowest BCUT2D eigenvalue weighted by Crippen LogP contribution is -2.44. The number of para-hydroxylation sites is 1. The Morgan fingerprint density at radius 3 is 2.73 bits per heavy atom. The Hall–Kier alpha value is -1.55. The van der Waals surface area contributed by atoms with Gasteiger partial charge in [-0.1, -0.05) is 18.2 Å². The molecule has 170 valence electrons. The molecule has 1 heterocycles. The number of likely N-dealkylation sites (tertiary alicyclic amines) is 1. The minimum atomic E-state index is 0. The summed E-state index contributed by atoms with van der Waals surface area (Å²) in [6.07, 6.45) is 3.03. The van der Waals surface area contributed by atoms with Crippen LogP contribution in [0.5, 0.6) is 5.75 Å². The molecule has 1 fully saturated rings. The molecule has 0 bridgehead atoms. The molecule has 1 aliphatic rings. The number of carbonyl (C=O) groups excluding carboxylic acids is 1. The molecule has 1 atom stereocenters. The van der Waals surface area contributed by atoms with Crippen LogP contribution in [0.4, 0.5) is 0 Å². The lowest BCUT2D eigenvalue weighted by atomic mass is 10.2. The van der Waals surface area contributed by atoms with E-state index in [0.29, 0.717) is 13.2 Å². The van der Waals surface area contributed by atoms with Crippen molar-refractivity contribution in [3.8, 4) is 5.75 Å². The molecule has 0 spiro atoms. The number of halogens is 1. The highest BCUT2D eigenvalue weighted by Crippen LogP contribution is 2.19. The van der Waals surface area contributed by atoms with E-state index in [1.807, 2.05) is 45.3 Å². The van der Waals surface area contributed by atoms with Crippen LogP contribution in [0, 0.1) is 0 Å². The average Bonchev–Trinajstić information content (AvgIpc) is 3.18. The number of amides is 1. The first-order valence-electron chi connectivity index (χ1n) is 10.7. The maximum Gasteiger partial charge on any atom is 0.239 e. The quantitative estimate of drug-likeness (QED) is 0.210. The van der Waals surface area contributed by atoms with E-state index < -0.39 is 0 Å². The van der Waals surface area contributed by atoms with Crippen LogP contribution < -0.4 is 15.4 Å². The predicted molar refractivity (Wildman–Crippen MR) is 134 cm³/mol. The fourth-order valence-electron chi connectivity index (χ4n) is 3.60. The molecule has 0 saturated carbocycles. The van der Waals surface area contributed by atoms with Gasteiger partial charge < -0.3 is 20.3 Å². The summed E-state index contributed by atoms with van der Waals surface area (Å²) in [4.78, 5) is 21.0. The molecule has 2 rings (SSSR count). The monoisotopic (exact) mass is 531 g/mol. The lowest BCUT2D eigenvalue weighted by Gasteiger charge is -2.26. The Kier molecular flexibility index (Phi) is 12.8. The van der Waals surface area contributed by atoms with Gasteiger partial charge in [0.05, 0.1) is 19.2 Å². The molecule has 1 aliphatic heterocycles. The zero-order valence-corrected chi connectivity index (χ0v) is 21.1. The van der Waals surface area contributed by atoms with Gasteiger partial charge in [-0.25, -0.2) is 4.99 Å². The smallest absolute Gasteiger partial charge is 0.239 e. The SMILES string of the molecule is CCNC(=NCc1ccccc1OCC)NCCCN1CCCC1C(=O)N(C)C.I. The minimum absolute atomic E-state index is 0. The van der Waals surface area contributed by atoms with Crippen LogP contribution in [0.3, 0.4) is 0 Å². The first-order chi connectivity index (χ1) is 14.1. The van der Waals surface area contributed by atoms with Gasteiger partial charge in [-0.15, -0.1) is 24.0 Å². The molecular formula is C22H38IN5O2. The summed E-state index contributed by atoms with van der Waals surface area (Å²) in [7, 11) is 3.67. The van der Waals surface area contributed by atoms with Crippen LogP contribution >= 0.6 is 24.0 Å². The number of nitrogens with zero attached hydrogens (tertiary/aromatic N) is 3. The van der Waals surface area contributed by atoms with Gasteiger partial charge in [0.1, 0.15) is 5.75 Å². The van der Waals surface area contributed by atoms with E-state index in [9.17, 15) is 4.79 Å². The molecule has 2 N–H and O–H groups in total. The molecule has 7 nitrogen and oxygen atoms in total. The summed E-state index contributed by atoms with van der Waals surface area (Å²) in [5.41, 5.74) is 1.08. The van der Waals surface area contributed by atoms with Crippen LogP contribution in [0.15, 0.2) is 29.3 Å². The number of aliphatic imine (C=N–C) groups is 1. The number of rotatable bonds is 10.